The van der Waals surface area contributed by atoms with Gasteiger partial charge in [0.15, 0.2) is 17.6 Å². The molecular formula is C29H29N7O3S. The molecule has 0 amide bonds. The van der Waals surface area contributed by atoms with Crippen molar-refractivity contribution in [2.45, 2.75) is 37.4 Å². The molecule has 2 fully saturated rings. The van der Waals surface area contributed by atoms with Gasteiger partial charge >= 0.3 is 6.01 Å². The first kappa shape index (κ1) is 25.1. The highest BCUT2D eigenvalue weighted by Crippen LogP contribution is 2.46. The fraction of sp³-hybridized carbons (Fsp3) is 0.345. The zero-order valence-corrected chi connectivity index (χ0v) is 22.7. The van der Waals surface area contributed by atoms with E-state index < -0.39 is 11.7 Å². The number of Topliss-reactive ketones (excluding diaryl/α,β-unsaturated/α-hetero) is 1. The van der Waals surface area contributed by atoms with Crippen molar-refractivity contribution in [1.29, 1.82) is 0 Å². The van der Waals surface area contributed by atoms with Crippen molar-refractivity contribution in [2.75, 3.05) is 36.5 Å². The molecule has 4 aromatic rings. The minimum atomic E-state index is -0.886. The van der Waals surface area contributed by atoms with E-state index in [0.717, 1.165) is 64.8 Å². The predicted octanol–water partition coefficient (Wildman–Crippen LogP) is 3.77. The second kappa shape index (κ2) is 10.2. The minimum Gasteiger partial charge on any atom is -0.402 e. The largest absolute Gasteiger partial charge is 0.402 e. The standard InChI is InChI=1S/C29H29N7O3S/c30-29(11-6-12-29)27-32-23(26(40-27)36-13-15-38-16-14-36)25-34-35-28(39-25)33-24-21(37)17-19-9-4-5-10-20(19)22(31-24)18-7-2-1-3-8-18/h1-5,7-10,24H,6,11-17,30H2,(H,33,35)/t24-/m1/s1. The van der Waals surface area contributed by atoms with Crippen LogP contribution >= 0.6 is 11.3 Å². The van der Waals surface area contributed by atoms with Crippen LogP contribution in [0.3, 0.4) is 0 Å². The van der Waals surface area contributed by atoms with Gasteiger partial charge in [0.25, 0.3) is 5.89 Å². The van der Waals surface area contributed by atoms with Crippen LogP contribution in [0.4, 0.5) is 11.0 Å². The predicted molar refractivity (Wildman–Crippen MR) is 153 cm³/mol. The Labute approximate surface area is 235 Å². The van der Waals surface area contributed by atoms with Crippen molar-refractivity contribution in [2.24, 2.45) is 10.7 Å². The van der Waals surface area contributed by atoms with Crippen LogP contribution < -0.4 is 16.0 Å². The highest BCUT2D eigenvalue weighted by atomic mass is 32.1. The van der Waals surface area contributed by atoms with Gasteiger partial charge in [0, 0.05) is 30.6 Å². The third kappa shape index (κ3) is 4.59. The summed E-state index contributed by atoms with van der Waals surface area (Å²) in [5.74, 6) is 0.198. The van der Waals surface area contributed by atoms with Gasteiger partial charge in [0.05, 0.1) is 24.5 Å². The molecule has 0 radical (unpaired) electrons. The van der Waals surface area contributed by atoms with E-state index >= 15 is 0 Å². The summed E-state index contributed by atoms with van der Waals surface area (Å²) in [4.78, 5) is 25.4. The lowest BCUT2D eigenvalue weighted by molar-refractivity contribution is -0.119. The number of ketones is 1. The molecule has 3 N–H and O–H groups in total. The molecule has 0 unspecified atom stereocenters. The number of carbonyl (C=O) groups excluding carboxylic acids is 1. The smallest absolute Gasteiger partial charge is 0.317 e. The third-order valence-corrected chi connectivity index (χ3v) is 9.05. The van der Waals surface area contributed by atoms with Crippen molar-refractivity contribution in [1.82, 2.24) is 15.2 Å². The van der Waals surface area contributed by atoms with Crippen molar-refractivity contribution in [3.8, 4) is 11.6 Å². The zero-order valence-electron chi connectivity index (χ0n) is 21.9. The summed E-state index contributed by atoms with van der Waals surface area (Å²) in [6, 6.07) is 17.9. The molecule has 7 rings (SSSR count). The molecule has 1 saturated heterocycles. The molecule has 1 atom stereocenters. The molecule has 11 heteroatoms. The van der Waals surface area contributed by atoms with E-state index in [4.69, 9.17) is 24.9 Å². The summed E-state index contributed by atoms with van der Waals surface area (Å²) < 4.78 is 11.6. The van der Waals surface area contributed by atoms with Crippen molar-refractivity contribution in [3.05, 3.63) is 76.3 Å². The Morgan fingerprint density at radius 2 is 1.80 bits per heavy atom. The van der Waals surface area contributed by atoms with Crippen molar-refractivity contribution in [3.63, 3.8) is 0 Å². The quantitative estimate of drug-likeness (QED) is 0.365. The number of nitrogens with one attached hydrogen (secondary N) is 1. The number of benzene rings is 2. The summed E-state index contributed by atoms with van der Waals surface area (Å²) in [6.45, 7) is 2.79. The highest BCUT2D eigenvalue weighted by Gasteiger charge is 2.39. The molecule has 2 aromatic carbocycles. The Kier molecular flexibility index (Phi) is 6.41. The van der Waals surface area contributed by atoms with E-state index in [0.29, 0.717) is 18.9 Å². The maximum atomic E-state index is 13.3. The van der Waals surface area contributed by atoms with Crippen LogP contribution in [-0.2, 0) is 21.5 Å². The van der Waals surface area contributed by atoms with E-state index in [-0.39, 0.29) is 24.1 Å². The molecule has 204 valence electrons. The topological polar surface area (TPSA) is 132 Å². The van der Waals surface area contributed by atoms with Gasteiger partial charge in [-0.3, -0.25) is 9.79 Å². The number of rotatable bonds is 6. The van der Waals surface area contributed by atoms with E-state index in [2.05, 4.69) is 20.4 Å². The molecule has 2 aliphatic heterocycles. The summed E-state index contributed by atoms with van der Waals surface area (Å²) in [7, 11) is 0. The van der Waals surface area contributed by atoms with Gasteiger partial charge in [0.1, 0.15) is 10.0 Å². The normalized spacial score (nSPS) is 20.3. The van der Waals surface area contributed by atoms with Crippen LogP contribution in [-0.4, -0.2) is 59.1 Å². The number of morpholine rings is 1. The lowest BCUT2D eigenvalue weighted by Crippen LogP contribution is -2.43. The summed E-state index contributed by atoms with van der Waals surface area (Å²) in [5, 5.41) is 13.5. The molecule has 0 spiro atoms. The molecule has 2 aromatic heterocycles. The lowest BCUT2D eigenvalue weighted by Gasteiger charge is -2.36. The Morgan fingerprint density at radius 3 is 2.58 bits per heavy atom. The monoisotopic (exact) mass is 555 g/mol. The summed E-state index contributed by atoms with van der Waals surface area (Å²) in [5.41, 5.74) is 10.4. The number of thiazole rings is 1. The number of ether oxygens (including phenoxy) is 1. The van der Waals surface area contributed by atoms with Gasteiger partial charge in [-0.1, -0.05) is 71.0 Å². The van der Waals surface area contributed by atoms with Crippen LogP contribution in [0, 0.1) is 0 Å². The SMILES string of the molecule is NC1(c2nc(-c3nnc(N[C@H]4N=C(c5ccccc5)c5ccccc5CC4=O)o3)c(N3CCOCC3)s2)CCC1. The molecule has 1 saturated carbocycles. The van der Waals surface area contributed by atoms with E-state index in [1.807, 2.05) is 54.6 Å². The number of anilines is 2. The average molecular weight is 556 g/mol. The first-order chi connectivity index (χ1) is 19.6. The van der Waals surface area contributed by atoms with Crippen molar-refractivity contribution < 1.29 is 13.9 Å². The fourth-order valence-corrected chi connectivity index (χ4v) is 6.58. The number of nitrogens with zero attached hydrogens (tertiary/aromatic N) is 5. The van der Waals surface area contributed by atoms with Crippen LogP contribution in [0.25, 0.3) is 11.6 Å². The average Bonchev–Trinajstić information content (AvgIpc) is 3.60. The van der Waals surface area contributed by atoms with Gasteiger partial charge in [0.2, 0.25) is 0 Å². The van der Waals surface area contributed by atoms with Crippen LogP contribution in [0.2, 0.25) is 0 Å². The summed E-state index contributed by atoms with van der Waals surface area (Å²) >= 11 is 1.59. The second-order valence-electron chi connectivity index (χ2n) is 10.4. The van der Waals surface area contributed by atoms with Gasteiger partial charge in [-0.15, -0.1) is 5.10 Å². The number of fused-ring (bicyclic) bond motifs is 1. The second-order valence-corrected chi connectivity index (χ2v) is 11.4. The van der Waals surface area contributed by atoms with Gasteiger partial charge in [-0.25, -0.2) is 4.98 Å². The Morgan fingerprint density at radius 1 is 1.02 bits per heavy atom. The molecule has 1 aliphatic carbocycles. The van der Waals surface area contributed by atoms with E-state index in [9.17, 15) is 4.79 Å². The summed E-state index contributed by atoms with van der Waals surface area (Å²) in [6.07, 6.45) is 2.27. The maximum Gasteiger partial charge on any atom is 0.317 e. The molecular weight excluding hydrogens is 526 g/mol. The number of aromatic nitrogens is 3. The number of hydrogen-bond acceptors (Lipinski definition) is 11. The maximum absolute atomic E-state index is 13.3. The molecule has 4 heterocycles. The van der Waals surface area contributed by atoms with Gasteiger partial charge in [-0.05, 0) is 24.8 Å². The molecule has 3 aliphatic rings. The number of carbonyl (C=O) groups is 1. The van der Waals surface area contributed by atoms with Crippen LogP contribution in [0.1, 0.15) is 41.0 Å². The number of nitrogens with two attached hydrogens (primary N) is 1. The fourth-order valence-electron chi connectivity index (χ4n) is 5.31. The van der Waals surface area contributed by atoms with E-state index in [1.165, 1.54) is 0 Å². The molecule has 10 nitrogen and oxygen atoms in total. The minimum absolute atomic E-state index is 0.0851. The lowest BCUT2D eigenvalue weighted by atomic mass is 9.78. The van der Waals surface area contributed by atoms with E-state index in [1.54, 1.807) is 11.3 Å². The number of aliphatic imine (C=N–C) groups is 1. The Balaban J connectivity index is 1.21. The van der Waals surface area contributed by atoms with Crippen LogP contribution in [0.15, 0.2) is 64.0 Å². The first-order valence-corrected chi connectivity index (χ1v) is 14.4. The van der Waals surface area contributed by atoms with Gasteiger partial charge < -0.3 is 25.1 Å². The van der Waals surface area contributed by atoms with Crippen molar-refractivity contribution >= 4 is 33.8 Å². The molecule has 40 heavy (non-hydrogen) atoms. The zero-order chi connectivity index (χ0) is 27.1. The van der Waals surface area contributed by atoms with Gasteiger partial charge in [-0.2, -0.15) is 0 Å². The van der Waals surface area contributed by atoms with Crippen LogP contribution in [0.5, 0.6) is 0 Å². The Hall–Kier alpha value is -3.93. The Bertz CT molecular complexity index is 1570. The first-order valence-electron chi connectivity index (χ1n) is 13.5. The third-order valence-electron chi connectivity index (χ3n) is 7.71. The molecule has 0 bridgehead atoms. The highest BCUT2D eigenvalue weighted by molar-refractivity contribution is 7.16. The number of hydrogen-bond donors (Lipinski definition) is 2.